The Hall–Kier alpha value is -2.37. The number of carbonyl (C=O) groups excluding carboxylic acids is 2. The van der Waals surface area contributed by atoms with Gasteiger partial charge in [-0.05, 0) is 25.0 Å². The van der Waals surface area contributed by atoms with Crippen molar-refractivity contribution in [3.8, 4) is 0 Å². The molecule has 2 amide bonds. The van der Waals surface area contributed by atoms with Crippen molar-refractivity contribution in [3.63, 3.8) is 0 Å². The predicted octanol–water partition coefficient (Wildman–Crippen LogP) is 1.90. The molecule has 1 saturated carbocycles. The molecule has 0 spiro atoms. The molecule has 0 aromatic heterocycles. The van der Waals surface area contributed by atoms with Crippen LogP contribution in [0.25, 0.3) is 0 Å². The Morgan fingerprint density at radius 3 is 2.46 bits per heavy atom. The van der Waals surface area contributed by atoms with Gasteiger partial charge in [0.05, 0.1) is 5.92 Å². The number of carboxylic acids is 1. The lowest BCUT2D eigenvalue weighted by molar-refractivity contribution is -0.137. The van der Waals surface area contributed by atoms with Gasteiger partial charge >= 0.3 is 5.97 Å². The zero-order chi connectivity index (χ0) is 17.1. The van der Waals surface area contributed by atoms with Crippen LogP contribution in [0.15, 0.2) is 30.3 Å². The van der Waals surface area contributed by atoms with Crippen LogP contribution in [0.4, 0.5) is 5.69 Å². The van der Waals surface area contributed by atoms with Crippen molar-refractivity contribution in [3.05, 3.63) is 30.3 Å². The van der Waals surface area contributed by atoms with Crippen molar-refractivity contribution in [1.29, 1.82) is 0 Å². The highest BCUT2D eigenvalue weighted by molar-refractivity contribution is 6.01. The molecular formula is C18H22N2O4. The third kappa shape index (κ3) is 3.42. The first kappa shape index (κ1) is 16.5. The van der Waals surface area contributed by atoms with Crippen LogP contribution in [-0.4, -0.2) is 46.9 Å². The van der Waals surface area contributed by atoms with E-state index in [4.69, 9.17) is 5.11 Å². The largest absolute Gasteiger partial charge is 0.480 e. The number of likely N-dealkylation sites (tertiary alicyclic amines) is 1. The van der Waals surface area contributed by atoms with E-state index in [9.17, 15) is 14.4 Å². The second-order valence-electron chi connectivity index (χ2n) is 6.54. The van der Waals surface area contributed by atoms with Gasteiger partial charge in [0.15, 0.2) is 0 Å². The van der Waals surface area contributed by atoms with Crippen molar-refractivity contribution in [2.45, 2.75) is 38.1 Å². The van der Waals surface area contributed by atoms with E-state index in [1.165, 1.54) is 4.90 Å². The molecule has 1 heterocycles. The van der Waals surface area contributed by atoms with E-state index >= 15 is 0 Å². The zero-order valence-corrected chi connectivity index (χ0v) is 13.6. The average molecular weight is 330 g/mol. The maximum absolute atomic E-state index is 12.9. The van der Waals surface area contributed by atoms with Crippen LogP contribution in [-0.2, 0) is 14.4 Å². The summed E-state index contributed by atoms with van der Waals surface area (Å²) in [7, 11) is 0. The Morgan fingerprint density at radius 2 is 1.83 bits per heavy atom. The number of nitrogens with zero attached hydrogens (tertiary/aromatic N) is 2. The molecule has 1 aliphatic heterocycles. The first-order valence-electron chi connectivity index (χ1n) is 8.44. The van der Waals surface area contributed by atoms with E-state index in [1.807, 2.05) is 11.0 Å². The van der Waals surface area contributed by atoms with Gasteiger partial charge in [0.1, 0.15) is 6.54 Å². The van der Waals surface area contributed by atoms with Crippen LogP contribution in [0.5, 0.6) is 0 Å². The van der Waals surface area contributed by atoms with Crippen LogP contribution in [0.2, 0.25) is 0 Å². The topological polar surface area (TPSA) is 77.9 Å². The van der Waals surface area contributed by atoms with Crippen LogP contribution in [0, 0.1) is 5.92 Å². The fourth-order valence-corrected chi connectivity index (χ4v) is 3.73. The first-order chi connectivity index (χ1) is 11.6. The Kier molecular flexibility index (Phi) is 4.83. The van der Waals surface area contributed by atoms with Gasteiger partial charge in [-0.3, -0.25) is 14.4 Å². The van der Waals surface area contributed by atoms with Gasteiger partial charge in [-0.25, -0.2) is 0 Å². The molecule has 1 aliphatic carbocycles. The number of hydrogen-bond donors (Lipinski definition) is 1. The minimum Gasteiger partial charge on any atom is -0.480 e. The van der Waals surface area contributed by atoms with Gasteiger partial charge in [0.2, 0.25) is 11.8 Å². The van der Waals surface area contributed by atoms with Crippen LogP contribution >= 0.6 is 0 Å². The van der Waals surface area contributed by atoms with E-state index in [-0.39, 0.29) is 24.3 Å². The molecule has 6 heteroatoms. The highest BCUT2D eigenvalue weighted by Crippen LogP contribution is 2.31. The lowest BCUT2D eigenvalue weighted by Gasteiger charge is -2.26. The number of hydrogen-bond acceptors (Lipinski definition) is 3. The second-order valence-corrected chi connectivity index (χ2v) is 6.54. The van der Waals surface area contributed by atoms with E-state index in [2.05, 4.69) is 0 Å². The summed E-state index contributed by atoms with van der Waals surface area (Å²) >= 11 is 0. The Labute approximate surface area is 141 Å². The molecule has 1 unspecified atom stereocenters. The van der Waals surface area contributed by atoms with E-state index in [0.717, 1.165) is 25.7 Å². The number of carboxylic acid groups (broad SMARTS) is 1. The summed E-state index contributed by atoms with van der Waals surface area (Å²) in [4.78, 5) is 39.4. The highest BCUT2D eigenvalue weighted by atomic mass is 16.4. The van der Waals surface area contributed by atoms with E-state index in [0.29, 0.717) is 12.2 Å². The third-order valence-electron chi connectivity index (χ3n) is 4.90. The van der Waals surface area contributed by atoms with Crippen molar-refractivity contribution in [2.24, 2.45) is 5.92 Å². The van der Waals surface area contributed by atoms with Crippen molar-refractivity contribution >= 4 is 23.5 Å². The average Bonchev–Trinajstić information content (AvgIpc) is 3.22. The molecule has 1 aromatic rings. The minimum atomic E-state index is -1.07. The molecule has 128 valence electrons. The summed E-state index contributed by atoms with van der Waals surface area (Å²) in [5.74, 6) is -1.79. The number of aliphatic carboxylic acids is 1. The number of rotatable bonds is 5. The number of anilines is 1. The number of carbonyl (C=O) groups is 3. The number of para-hydroxylation sites is 1. The summed E-state index contributed by atoms with van der Waals surface area (Å²) in [5.41, 5.74) is 0.552. The molecular weight excluding hydrogens is 308 g/mol. The van der Waals surface area contributed by atoms with Gasteiger partial charge in [-0.1, -0.05) is 31.0 Å². The highest BCUT2D eigenvalue weighted by Gasteiger charge is 2.40. The van der Waals surface area contributed by atoms with Crippen molar-refractivity contribution < 1.29 is 19.5 Å². The standard InChI is InChI=1S/C18H22N2O4/c21-16-10-13(11-19(16)14-8-4-5-9-14)18(24)20(12-17(22)23)15-6-2-1-3-7-15/h1-3,6-7,13-14H,4-5,8-12H2,(H,22,23). The van der Waals surface area contributed by atoms with Crippen LogP contribution in [0.1, 0.15) is 32.1 Å². The quantitative estimate of drug-likeness (QED) is 0.894. The second kappa shape index (κ2) is 7.03. The van der Waals surface area contributed by atoms with Gasteiger partial charge in [0.25, 0.3) is 0 Å². The first-order valence-corrected chi connectivity index (χ1v) is 8.44. The molecule has 6 nitrogen and oxygen atoms in total. The number of benzene rings is 1. The third-order valence-corrected chi connectivity index (χ3v) is 4.90. The molecule has 1 saturated heterocycles. The van der Waals surface area contributed by atoms with Gasteiger partial charge in [-0.2, -0.15) is 0 Å². The summed E-state index contributed by atoms with van der Waals surface area (Å²) < 4.78 is 0. The molecule has 24 heavy (non-hydrogen) atoms. The minimum absolute atomic E-state index is 0.0172. The van der Waals surface area contributed by atoms with Gasteiger partial charge < -0.3 is 14.9 Å². The van der Waals surface area contributed by atoms with Gasteiger partial charge in [0, 0.05) is 24.7 Å². The fourth-order valence-electron chi connectivity index (χ4n) is 3.73. The molecule has 2 aliphatic rings. The fraction of sp³-hybridized carbons (Fsp3) is 0.500. The smallest absolute Gasteiger partial charge is 0.323 e. The Bertz CT molecular complexity index is 625. The van der Waals surface area contributed by atoms with E-state index < -0.39 is 18.4 Å². The Balaban J connectivity index is 1.75. The van der Waals surface area contributed by atoms with Crippen molar-refractivity contribution in [1.82, 2.24) is 4.90 Å². The molecule has 3 rings (SSSR count). The van der Waals surface area contributed by atoms with Gasteiger partial charge in [-0.15, -0.1) is 0 Å². The maximum Gasteiger partial charge on any atom is 0.323 e. The molecule has 0 bridgehead atoms. The normalized spacial score (nSPS) is 21.2. The van der Waals surface area contributed by atoms with Crippen molar-refractivity contribution in [2.75, 3.05) is 18.0 Å². The number of amides is 2. The lowest BCUT2D eigenvalue weighted by atomic mass is 10.1. The van der Waals surface area contributed by atoms with E-state index in [1.54, 1.807) is 24.3 Å². The lowest BCUT2D eigenvalue weighted by Crippen LogP contribution is -2.41. The molecule has 1 atom stereocenters. The zero-order valence-electron chi connectivity index (χ0n) is 13.6. The molecule has 1 aromatic carbocycles. The summed E-state index contributed by atoms with van der Waals surface area (Å²) in [6.45, 7) is 0.0161. The SMILES string of the molecule is O=C(O)CN(C(=O)C1CC(=O)N(C2CCCC2)C1)c1ccccc1. The molecule has 1 N–H and O–H groups in total. The predicted molar refractivity (Wildman–Crippen MR) is 88.5 cm³/mol. The molecule has 0 radical (unpaired) electrons. The molecule has 2 fully saturated rings. The summed E-state index contributed by atoms with van der Waals surface area (Å²) in [6.07, 6.45) is 4.44. The monoisotopic (exact) mass is 330 g/mol. The Morgan fingerprint density at radius 1 is 1.17 bits per heavy atom. The van der Waals surface area contributed by atoms with Crippen LogP contribution in [0.3, 0.4) is 0 Å². The summed E-state index contributed by atoms with van der Waals surface area (Å²) in [5, 5.41) is 9.14. The summed E-state index contributed by atoms with van der Waals surface area (Å²) in [6, 6.07) is 9.02. The van der Waals surface area contributed by atoms with Crippen LogP contribution < -0.4 is 4.90 Å². The maximum atomic E-state index is 12.9.